The van der Waals surface area contributed by atoms with E-state index in [1.54, 1.807) is 23.3 Å². The molecule has 0 bridgehead atoms. The molecule has 1 atom stereocenters. The highest BCUT2D eigenvalue weighted by Crippen LogP contribution is 2.26. The fourth-order valence-corrected chi connectivity index (χ4v) is 3.36. The Kier molecular flexibility index (Phi) is 5.42. The Morgan fingerprint density at radius 2 is 2.00 bits per heavy atom. The highest BCUT2D eigenvalue weighted by atomic mass is 32.1. The number of benzene rings is 1. The van der Waals surface area contributed by atoms with E-state index in [1.807, 2.05) is 52.8 Å². The number of aromatic nitrogens is 1. The van der Waals surface area contributed by atoms with Crippen LogP contribution in [0.4, 0.5) is 0 Å². The molecule has 0 aliphatic heterocycles. The summed E-state index contributed by atoms with van der Waals surface area (Å²) >= 11 is 1.66. The SMILES string of the molecule is Cc1nc([C@@H](C)N(C)C(=O)COc2cccc(C)c2C)c(C)s1. The second kappa shape index (κ2) is 7.13. The number of hydrogen-bond donors (Lipinski definition) is 0. The predicted molar refractivity (Wildman–Crippen MR) is 94.2 cm³/mol. The van der Waals surface area contributed by atoms with Crippen LogP contribution in [0.2, 0.25) is 0 Å². The number of hydrogen-bond acceptors (Lipinski definition) is 4. The van der Waals surface area contributed by atoms with Gasteiger partial charge in [-0.3, -0.25) is 4.79 Å². The highest BCUT2D eigenvalue weighted by molar-refractivity contribution is 7.11. The van der Waals surface area contributed by atoms with Crippen LogP contribution in [0.5, 0.6) is 5.75 Å². The lowest BCUT2D eigenvalue weighted by Crippen LogP contribution is -2.34. The van der Waals surface area contributed by atoms with E-state index in [9.17, 15) is 4.79 Å². The van der Waals surface area contributed by atoms with Gasteiger partial charge in [0.2, 0.25) is 0 Å². The van der Waals surface area contributed by atoms with Crippen LogP contribution < -0.4 is 4.74 Å². The molecule has 1 aromatic carbocycles. The maximum Gasteiger partial charge on any atom is 0.260 e. The van der Waals surface area contributed by atoms with Gasteiger partial charge < -0.3 is 9.64 Å². The molecule has 2 aromatic rings. The molecule has 1 amide bonds. The molecule has 0 aliphatic rings. The molecule has 0 aliphatic carbocycles. The van der Waals surface area contributed by atoms with Gasteiger partial charge in [-0.2, -0.15) is 0 Å². The summed E-state index contributed by atoms with van der Waals surface area (Å²) in [7, 11) is 1.80. The Morgan fingerprint density at radius 3 is 2.61 bits per heavy atom. The van der Waals surface area contributed by atoms with Crippen molar-refractivity contribution in [1.82, 2.24) is 9.88 Å². The fraction of sp³-hybridized carbons (Fsp3) is 0.444. The van der Waals surface area contributed by atoms with Crippen LogP contribution in [0.1, 0.15) is 39.7 Å². The Hall–Kier alpha value is -1.88. The van der Waals surface area contributed by atoms with Crippen molar-refractivity contribution in [2.24, 2.45) is 0 Å². The third-order valence-electron chi connectivity index (χ3n) is 4.22. The second-order valence-electron chi connectivity index (χ2n) is 5.84. The lowest BCUT2D eigenvalue weighted by atomic mass is 10.1. The topological polar surface area (TPSA) is 42.4 Å². The Bertz CT molecular complexity index is 709. The van der Waals surface area contributed by atoms with Gasteiger partial charge in [-0.25, -0.2) is 4.98 Å². The minimum absolute atomic E-state index is 0.0350. The molecule has 0 saturated carbocycles. The summed E-state index contributed by atoms with van der Waals surface area (Å²) in [6.45, 7) is 10.1. The fourth-order valence-electron chi connectivity index (χ4n) is 2.45. The third-order valence-corrected chi connectivity index (χ3v) is 5.12. The van der Waals surface area contributed by atoms with E-state index < -0.39 is 0 Å². The molecule has 124 valence electrons. The number of thiazole rings is 1. The van der Waals surface area contributed by atoms with Crippen LogP contribution in [-0.4, -0.2) is 29.4 Å². The summed E-state index contributed by atoms with van der Waals surface area (Å²) < 4.78 is 5.71. The first-order chi connectivity index (χ1) is 10.8. The van der Waals surface area contributed by atoms with E-state index in [0.717, 1.165) is 32.5 Å². The molecule has 2 rings (SSSR count). The molecule has 4 nitrogen and oxygen atoms in total. The first-order valence-corrected chi connectivity index (χ1v) is 8.51. The summed E-state index contributed by atoms with van der Waals surface area (Å²) in [6, 6.07) is 5.81. The van der Waals surface area contributed by atoms with Crippen molar-refractivity contribution in [2.45, 2.75) is 40.7 Å². The number of likely N-dealkylation sites (N-methyl/N-ethyl adjacent to an activating group) is 1. The lowest BCUT2D eigenvalue weighted by Gasteiger charge is -2.24. The monoisotopic (exact) mass is 332 g/mol. The van der Waals surface area contributed by atoms with E-state index in [0.29, 0.717) is 0 Å². The third kappa shape index (κ3) is 3.91. The van der Waals surface area contributed by atoms with E-state index in [1.165, 1.54) is 0 Å². The van der Waals surface area contributed by atoms with Crippen LogP contribution in [0.3, 0.4) is 0 Å². The molecule has 0 radical (unpaired) electrons. The minimum atomic E-state index is -0.0605. The van der Waals surface area contributed by atoms with Crippen molar-refractivity contribution in [2.75, 3.05) is 13.7 Å². The summed E-state index contributed by atoms with van der Waals surface area (Å²) in [5, 5.41) is 1.02. The van der Waals surface area contributed by atoms with Crippen molar-refractivity contribution in [3.63, 3.8) is 0 Å². The molecule has 0 spiro atoms. The highest BCUT2D eigenvalue weighted by Gasteiger charge is 2.22. The number of rotatable bonds is 5. The quantitative estimate of drug-likeness (QED) is 0.832. The molecule has 0 unspecified atom stereocenters. The zero-order chi connectivity index (χ0) is 17.1. The molecule has 1 aromatic heterocycles. The first-order valence-electron chi connectivity index (χ1n) is 7.70. The maximum absolute atomic E-state index is 12.4. The number of nitrogens with zero attached hydrogens (tertiary/aromatic N) is 2. The normalized spacial score (nSPS) is 12.1. The van der Waals surface area contributed by atoms with Crippen molar-refractivity contribution in [1.29, 1.82) is 0 Å². The smallest absolute Gasteiger partial charge is 0.260 e. The molecule has 0 saturated heterocycles. The van der Waals surface area contributed by atoms with Crippen molar-refractivity contribution in [3.05, 3.63) is 44.9 Å². The number of ether oxygens (including phenoxy) is 1. The summed E-state index contributed by atoms with van der Waals surface area (Å²) in [5.41, 5.74) is 3.20. The average molecular weight is 332 g/mol. The Labute approximate surface area is 142 Å². The van der Waals surface area contributed by atoms with Gasteiger partial charge in [-0.15, -0.1) is 11.3 Å². The van der Waals surface area contributed by atoms with Crippen LogP contribution in [0.15, 0.2) is 18.2 Å². The average Bonchev–Trinajstić information content (AvgIpc) is 2.85. The van der Waals surface area contributed by atoms with Gasteiger partial charge in [0.15, 0.2) is 6.61 Å². The number of carbonyl (C=O) groups excluding carboxylic acids is 1. The van der Waals surface area contributed by atoms with E-state index in [4.69, 9.17) is 4.74 Å². The van der Waals surface area contributed by atoms with Gasteiger partial charge in [0.25, 0.3) is 5.91 Å². The first kappa shape index (κ1) is 17.5. The van der Waals surface area contributed by atoms with Gasteiger partial charge in [0.05, 0.1) is 16.7 Å². The van der Waals surface area contributed by atoms with Crippen molar-refractivity contribution >= 4 is 17.2 Å². The molecular weight excluding hydrogens is 308 g/mol. The number of amides is 1. The standard InChI is InChI=1S/C18H24N2O2S/c1-11-8-7-9-16(12(11)2)22-10-17(21)20(6)13(3)18-14(4)23-15(5)19-18/h7-9,13H,10H2,1-6H3/t13-/m1/s1. The van der Waals surface area contributed by atoms with Crippen LogP contribution >= 0.6 is 11.3 Å². The van der Waals surface area contributed by atoms with Crippen molar-refractivity contribution < 1.29 is 9.53 Å². The van der Waals surface area contributed by atoms with Gasteiger partial charge in [0, 0.05) is 11.9 Å². The van der Waals surface area contributed by atoms with Gasteiger partial charge >= 0.3 is 0 Å². The Morgan fingerprint density at radius 1 is 1.30 bits per heavy atom. The Balaban J connectivity index is 2.02. The summed E-state index contributed by atoms with van der Waals surface area (Å²) in [4.78, 5) is 19.8. The molecule has 5 heteroatoms. The van der Waals surface area contributed by atoms with Gasteiger partial charge in [-0.05, 0) is 51.8 Å². The summed E-state index contributed by atoms with van der Waals surface area (Å²) in [5.74, 6) is 0.712. The molecule has 0 fully saturated rings. The zero-order valence-corrected chi connectivity index (χ0v) is 15.5. The number of carbonyl (C=O) groups is 1. The predicted octanol–water partition coefficient (Wildman–Crippen LogP) is 3.98. The number of aryl methyl sites for hydroxylation is 3. The van der Waals surface area contributed by atoms with Gasteiger partial charge in [0.1, 0.15) is 5.75 Å². The second-order valence-corrected chi connectivity index (χ2v) is 7.25. The lowest BCUT2D eigenvalue weighted by molar-refractivity contribution is -0.134. The largest absolute Gasteiger partial charge is 0.483 e. The van der Waals surface area contributed by atoms with Crippen LogP contribution in [0.25, 0.3) is 0 Å². The maximum atomic E-state index is 12.4. The molecule has 0 N–H and O–H groups in total. The van der Waals surface area contributed by atoms with Crippen molar-refractivity contribution in [3.8, 4) is 5.75 Å². The van der Waals surface area contributed by atoms with E-state index >= 15 is 0 Å². The minimum Gasteiger partial charge on any atom is -0.483 e. The summed E-state index contributed by atoms with van der Waals surface area (Å²) in [6.07, 6.45) is 0. The zero-order valence-electron chi connectivity index (χ0n) is 14.6. The van der Waals surface area contributed by atoms with Gasteiger partial charge in [-0.1, -0.05) is 12.1 Å². The molecular formula is C18H24N2O2S. The van der Waals surface area contributed by atoms with Crippen LogP contribution in [-0.2, 0) is 4.79 Å². The van der Waals surface area contributed by atoms with E-state index in [2.05, 4.69) is 4.98 Å². The molecule has 1 heterocycles. The van der Waals surface area contributed by atoms with E-state index in [-0.39, 0.29) is 18.6 Å². The molecule has 23 heavy (non-hydrogen) atoms. The van der Waals surface area contributed by atoms with Crippen LogP contribution in [0, 0.1) is 27.7 Å².